The minimum Gasteiger partial charge on any atom is -0.477 e. The lowest BCUT2D eigenvalue weighted by molar-refractivity contribution is -0.385. The summed E-state index contributed by atoms with van der Waals surface area (Å²) in [7, 11) is 1.71. The van der Waals surface area contributed by atoms with E-state index in [2.05, 4.69) is 4.98 Å². The number of hydrogen-bond donors (Lipinski definition) is 1. The van der Waals surface area contributed by atoms with Gasteiger partial charge in [-0.05, 0) is 6.92 Å². The third-order valence-electron chi connectivity index (χ3n) is 2.46. The zero-order valence-corrected chi connectivity index (χ0v) is 10.7. The number of aromatic carboxylic acids is 1. The number of rotatable bonds is 7. The molecule has 0 aliphatic rings. The largest absolute Gasteiger partial charge is 0.477 e. The summed E-state index contributed by atoms with van der Waals surface area (Å²) >= 11 is 0. The van der Waals surface area contributed by atoms with Crippen LogP contribution in [0.3, 0.4) is 0 Å². The van der Waals surface area contributed by atoms with Crippen molar-refractivity contribution in [2.24, 2.45) is 0 Å². The maximum Gasteiger partial charge on any atom is 0.342 e. The summed E-state index contributed by atoms with van der Waals surface area (Å²) in [6.45, 7) is 3.43. The quantitative estimate of drug-likeness (QED) is 0.449. The Bertz CT molecular complexity index is 477. The Morgan fingerprint density at radius 3 is 2.84 bits per heavy atom. The SMILES string of the molecule is CCOCCN(C)c1cc(C(=O)O)c([N+](=O)[O-])cn1. The van der Waals surface area contributed by atoms with Crippen molar-refractivity contribution in [2.45, 2.75) is 6.92 Å². The first kappa shape index (κ1) is 14.8. The van der Waals surface area contributed by atoms with E-state index in [1.807, 2.05) is 6.92 Å². The van der Waals surface area contributed by atoms with Crippen LogP contribution in [0.1, 0.15) is 17.3 Å². The molecule has 1 rings (SSSR count). The van der Waals surface area contributed by atoms with Crippen molar-refractivity contribution in [1.82, 2.24) is 4.98 Å². The average molecular weight is 269 g/mol. The molecule has 0 amide bonds. The second-order valence-corrected chi connectivity index (χ2v) is 3.74. The first-order valence-electron chi connectivity index (χ1n) is 5.64. The van der Waals surface area contributed by atoms with Crippen LogP contribution in [0.2, 0.25) is 0 Å². The van der Waals surface area contributed by atoms with Crippen LogP contribution in [-0.4, -0.2) is 47.8 Å². The predicted octanol–water partition coefficient (Wildman–Crippen LogP) is 1.16. The van der Waals surface area contributed by atoms with Crippen LogP contribution in [0.15, 0.2) is 12.3 Å². The average Bonchev–Trinajstić information content (AvgIpc) is 2.38. The Labute approximate surface area is 109 Å². The van der Waals surface area contributed by atoms with Crippen LogP contribution in [0.5, 0.6) is 0 Å². The lowest BCUT2D eigenvalue weighted by Crippen LogP contribution is -2.24. The Kier molecular flexibility index (Phi) is 5.19. The van der Waals surface area contributed by atoms with E-state index in [9.17, 15) is 14.9 Å². The minimum atomic E-state index is -1.35. The summed E-state index contributed by atoms with van der Waals surface area (Å²) in [5.41, 5.74) is -0.896. The van der Waals surface area contributed by atoms with Gasteiger partial charge in [0.2, 0.25) is 0 Å². The van der Waals surface area contributed by atoms with Crippen LogP contribution in [-0.2, 0) is 4.74 Å². The number of ether oxygens (including phenoxy) is 1. The molecule has 0 spiro atoms. The van der Waals surface area contributed by atoms with Crippen molar-refractivity contribution in [3.63, 3.8) is 0 Å². The van der Waals surface area contributed by atoms with Crippen LogP contribution in [0.25, 0.3) is 0 Å². The Morgan fingerprint density at radius 2 is 2.32 bits per heavy atom. The molecule has 0 atom stereocenters. The fourth-order valence-corrected chi connectivity index (χ4v) is 1.42. The minimum absolute atomic E-state index is 0.350. The highest BCUT2D eigenvalue weighted by molar-refractivity contribution is 5.93. The molecule has 0 unspecified atom stereocenters. The number of carboxylic acids is 1. The number of likely N-dealkylation sites (N-methyl/N-ethyl adjacent to an activating group) is 1. The highest BCUT2D eigenvalue weighted by Gasteiger charge is 2.21. The zero-order chi connectivity index (χ0) is 14.4. The van der Waals surface area contributed by atoms with Gasteiger partial charge in [0.25, 0.3) is 0 Å². The van der Waals surface area contributed by atoms with Crippen LogP contribution < -0.4 is 4.90 Å². The van der Waals surface area contributed by atoms with Crippen molar-refractivity contribution in [3.05, 3.63) is 27.9 Å². The van der Waals surface area contributed by atoms with E-state index in [-0.39, 0.29) is 5.56 Å². The molecule has 0 fully saturated rings. The molecule has 0 saturated heterocycles. The van der Waals surface area contributed by atoms with Gasteiger partial charge in [0, 0.05) is 26.3 Å². The van der Waals surface area contributed by atoms with E-state index < -0.39 is 16.6 Å². The van der Waals surface area contributed by atoms with Crippen molar-refractivity contribution < 1.29 is 19.6 Å². The number of anilines is 1. The fourth-order valence-electron chi connectivity index (χ4n) is 1.42. The molecule has 0 aromatic carbocycles. The molecule has 1 N–H and O–H groups in total. The van der Waals surface area contributed by atoms with Crippen molar-refractivity contribution in [3.8, 4) is 0 Å². The molecule has 8 nitrogen and oxygen atoms in total. The third kappa shape index (κ3) is 3.88. The van der Waals surface area contributed by atoms with Crippen molar-refractivity contribution >= 4 is 17.5 Å². The molecular formula is C11H15N3O5. The van der Waals surface area contributed by atoms with Gasteiger partial charge in [0.1, 0.15) is 17.6 Å². The van der Waals surface area contributed by atoms with E-state index >= 15 is 0 Å². The predicted molar refractivity (Wildman–Crippen MR) is 67.6 cm³/mol. The molecule has 1 heterocycles. The van der Waals surface area contributed by atoms with E-state index in [1.54, 1.807) is 11.9 Å². The summed E-state index contributed by atoms with van der Waals surface area (Å²) in [6, 6.07) is 1.19. The first-order valence-corrected chi connectivity index (χ1v) is 5.64. The van der Waals surface area contributed by atoms with Crippen LogP contribution in [0.4, 0.5) is 11.5 Å². The number of carboxylic acid groups (broad SMARTS) is 1. The second-order valence-electron chi connectivity index (χ2n) is 3.74. The monoisotopic (exact) mass is 269 g/mol. The summed E-state index contributed by atoms with van der Waals surface area (Å²) in [6.07, 6.45) is 0.954. The normalized spacial score (nSPS) is 10.2. The van der Waals surface area contributed by atoms with Gasteiger partial charge in [-0.3, -0.25) is 10.1 Å². The summed E-state index contributed by atoms with van der Waals surface area (Å²) in [5.74, 6) is -1.00. The van der Waals surface area contributed by atoms with Gasteiger partial charge in [0.05, 0.1) is 11.5 Å². The molecule has 1 aromatic rings. The Morgan fingerprint density at radius 1 is 1.63 bits per heavy atom. The van der Waals surface area contributed by atoms with E-state index in [4.69, 9.17) is 9.84 Å². The highest BCUT2D eigenvalue weighted by atomic mass is 16.6. The Balaban J connectivity index is 2.95. The number of aromatic nitrogens is 1. The maximum atomic E-state index is 11.0. The van der Waals surface area contributed by atoms with E-state index in [0.717, 1.165) is 6.20 Å². The number of nitrogens with zero attached hydrogens (tertiary/aromatic N) is 3. The smallest absolute Gasteiger partial charge is 0.342 e. The Hall–Kier alpha value is -2.22. The van der Waals surface area contributed by atoms with Gasteiger partial charge in [0.15, 0.2) is 0 Å². The van der Waals surface area contributed by atoms with Gasteiger partial charge in [-0.15, -0.1) is 0 Å². The summed E-state index contributed by atoms with van der Waals surface area (Å²) in [5, 5.41) is 19.6. The number of hydrogen-bond acceptors (Lipinski definition) is 6. The first-order chi connectivity index (χ1) is 8.97. The molecule has 1 aromatic heterocycles. The number of carbonyl (C=O) groups is 1. The molecule has 0 aliphatic heterocycles. The standard InChI is InChI=1S/C11H15N3O5/c1-3-19-5-4-13(2)10-6-8(11(15)16)9(7-12-10)14(17)18/h6-7H,3-5H2,1-2H3,(H,15,16). The second kappa shape index (κ2) is 6.64. The highest BCUT2D eigenvalue weighted by Crippen LogP contribution is 2.21. The van der Waals surface area contributed by atoms with E-state index in [1.165, 1.54) is 6.07 Å². The molecular weight excluding hydrogens is 254 g/mol. The molecule has 0 bridgehead atoms. The molecule has 19 heavy (non-hydrogen) atoms. The van der Waals surface area contributed by atoms with Gasteiger partial charge in [-0.25, -0.2) is 9.78 Å². The summed E-state index contributed by atoms with van der Waals surface area (Å²) < 4.78 is 5.17. The molecule has 0 aliphatic carbocycles. The zero-order valence-electron chi connectivity index (χ0n) is 10.7. The van der Waals surface area contributed by atoms with E-state index in [0.29, 0.717) is 25.6 Å². The lowest BCUT2D eigenvalue weighted by atomic mass is 10.2. The number of pyridine rings is 1. The lowest BCUT2D eigenvalue weighted by Gasteiger charge is -2.18. The van der Waals surface area contributed by atoms with Crippen LogP contribution in [0, 0.1) is 10.1 Å². The molecule has 8 heteroatoms. The fraction of sp³-hybridized carbons (Fsp3) is 0.455. The van der Waals surface area contributed by atoms with Gasteiger partial charge >= 0.3 is 11.7 Å². The van der Waals surface area contributed by atoms with Crippen molar-refractivity contribution in [2.75, 3.05) is 31.7 Å². The topological polar surface area (TPSA) is 106 Å². The number of nitro groups is 1. The molecule has 104 valence electrons. The van der Waals surface area contributed by atoms with Gasteiger partial charge in [-0.1, -0.05) is 0 Å². The van der Waals surface area contributed by atoms with Gasteiger partial charge < -0.3 is 14.7 Å². The molecule has 0 saturated carbocycles. The van der Waals surface area contributed by atoms with Crippen LogP contribution >= 0.6 is 0 Å². The third-order valence-corrected chi connectivity index (χ3v) is 2.46. The van der Waals surface area contributed by atoms with Gasteiger partial charge in [-0.2, -0.15) is 0 Å². The van der Waals surface area contributed by atoms with Crippen molar-refractivity contribution in [1.29, 1.82) is 0 Å². The summed E-state index contributed by atoms with van der Waals surface area (Å²) in [4.78, 5) is 26.5. The molecule has 0 radical (unpaired) electrons. The maximum absolute atomic E-state index is 11.0.